The number of phosphoric ester groups is 1. The van der Waals surface area contributed by atoms with Crippen molar-refractivity contribution in [3.63, 3.8) is 0 Å². The molecule has 388 valence electrons. The van der Waals surface area contributed by atoms with Crippen molar-refractivity contribution < 1.29 is 62.2 Å². The highest BCUT2D eigenvalue weighted by Crippen LogP contribution is 2.39. The van der Waals surface area contributed by atoms with Gasteiger partial charge in [0.25, 0.3) is 7.82 Å². The van der Waals surface area contributed by atoms with Gasteiger partial charge in [0.15, 0.2) is 6.10 Å². The number of aliphatic hydroxyl groups excluding tert-OH is 3. The molecule has 0 spiro atoms. The maximum atomic E-state index is 12.9. The molecule has 0 saturated heterocycles. The van der Waals surface area contributed by atoms with Crippen molar-refractivity contribution >= 4 is 25.5 Å². The van der Waals surface area contributed by atoms with E-state index < -0.39 is 69.2 Å². The van der Waals surface area contributed by atoms with Crippen LogP contribution < -0.4 is 4.89 Å². The number of quaternary nitrogens is 1. The fourth-order valence-corrected chi connectivity index (χ4v) is 9.26. The number of likely N-dealkylation sites (N-methyl/N-ethyl adjacent to an activating group) is 1. The van der Waals surface area contributed by atoms with Crippen LogP contribution in [0.4, 0.5) is 0 Å². The van der Waals surface area contributed by atoms with Gasteiger partial charge in [-0.1, -0.05) is 174 Å². The van der Waals surface area contributed by atoms with Crippen molar-refractivity contribution in [2.75, 3.05) is 47.5 Å². The summed E-state index contributed by atoms with van der Waals surface area (Å²) in [6.45, 7) is 3.74. The molecule has 1 unspecified atom stereocenters. The Labute approximate surface area is 401 Å². The van der Waals surface area contributed by atoms with Crippen LogP contribution in [0.5, 0.6) is 0 Å². The normalized spacial score (nSPS) is 19.5. The summed E-state index contributed by atoms with van der Waals surface area (Å²) in [5.41, 5.74) is 0. The molecule has 1 aliphatic carbocycles. The largest absolute Gasteiger partial charge is 0.756 e. The number of ketones is 1. The SMILES string of the molecule is CCCCCCCCCCCCCCCCCCCCCCCC(=O)O[C@H](COC(=O)CCCCC(=O)C[C@@H]1[C@@H](/C=C/[C@@H](O)CCCCC)[C@H](O)C[C@@H]1O)COP(=O)([O-])OCC[N+](C)(C)C. The van der Waals surface area contributed by atoms with Gasteiger partial charge in [0.1, 0.15) is 25.5 Å². The van der Waals surface area contributed by atoms with Crippen LogP contribution in [-0.2, 0) is 37.5 Å². The maximum Gasteiger partial charge on any atom is 0.306 e. The molecular formula is C52H98NO12P. The molecule has 0 aromatic rings. The summed E-state index contributed by atoms with van der Waals surface area (Å²) in [4.78, 5) is 50.8. The lowest BCUT2D eigenvalue weighted by atomic mass is 9.87. The zero-order chi connectivity index (χ0) is 48.9. The molecule has 3 N–H and O–H groups in total. The Kier molecular flexibility index (Phi) is 36.9. The summed E-state index contributed by atoms with van der Waals surface area (Å²) in [6, 6.07) is 0. The van der Waals surface area contributed by atoms with Crippen LogP contribution in [0.15, 0.2) is 12.2 Å². The van der Waals surface area contributed by atoms with Crippen LogP contribution >= 0.6 is 7.82 Å². The van der Waals surface area contributed by atoms with Crippen LogP contribution in [0.3, 0.4) is 0 Å². The Morgan fingerprint density at radius 3 is 1.65 bits per heavy atom. The first kappa shape index (κ1) is 62.3. The van der Waals surface area contributed by atoms with Crippen LogP contribution in [0.2, 0.25) is 0 Å². The summed E-state index contributed by atoms with van der Waals surface area (Å²) in [5, 5.41) is 31.4. The predicted molar refractivity (Wildman–Crippen MR) is 261 cm³/mol. The van der Waals surface area contributed by atoms with Crippen molar-refractivity contribution in [1.29, 1.82) is 0 Å². The molecule has 0 radical (unpaired) electrons. The van der Waals surface area contributed by atoms with Crippen LogP contribution in [-0.4, -0.2) is 109 Å². The molecule has 0 aromatic carbocycles. The first-order valence-corrected chi connectivity index (χ1v) is 28.0. The lowest BCUT2D eigenvalue weighted by Crippen LogP contribution is -2.37. The third-order valence-electron chi connectivity index (χ3n) is 12.8. The lowest BCUT2D eigenvalue weighted by molar-refractivity contribution is -0.870. The van der Waals surface area contributed by atoms with E-state index >= 15 is 0 Å². The standard InChI is InChI=1S/C52H98NO12P/c1-6-8-10-11-12-13-14-15-16-17-18-19-20-21-22-23-24-25-26-27-29-35-52(59)65-46(43-64-66(60,61)63-39-38-53(3,4)5)42-62-51(58)34-31-30-33-45(55)40-48-47(49(56)41-50(48)57)37-36-44(54)32-28-9-7-2/h36-37,44,46-50,54,56-57H,6-35,38-43H2,1-5H3/b37-36+/t44-,46+,47+,48+,49+,50-/m0/s1. The van der Waals surface area contributed by atoms with Gasteiger partial charge in [-0.25, -0.2) is 0 Å². The zero-order valence-corrected chi connectivity index (χ0v) is 43.4. The van der Waals surface area contributed by atoms with Crippen molar-refractivity contribution in [1.82, 2.24) is 0 Å². The van der Waals surface area contributed by atoms with Gasteiger partial charge in [-0.15, -0.1) is 0 Å². The number of nitrogens with zero attached hydrogens (tertiary/aromatic N) is 1. The number of aliphatic hydroxyl groups is 3. The van der Waals surface area contributed by atoms with Gasteiger partial charge in [0, 0.05) is 43.9 Å². The van der Waals surface area contributed by atoms with Crippen molar-refractivity contribution in [3.05, 3.63) is 12.2 Å². The van der Waals surface area contributed by atoms with Gasteiger partial charge < -0.3 is 43.2 Å². The van der Waals surface area contributed by atoms with E-state index in [0.717, 1.165) is 38.5 Å². The van der Waals surface area contributed by atoms with E-state index in [0.29, 0.717) is 36.7 Å². The van der Waals surface area contributed by atoms with Crippen LogP contribution in [0.1, 0.15) is 219 Å². The molecule has 1 fully saturated rings. The fourth-order valence-electron chi connectivity index (χ4n) is 8.54. The highest BCUT2D eigenvalue weighted by atomic mass is 31.2. The molecular weight excluding hydrogens is 862 g/mol. The Balaban J connectivity index is 2.39. The number of carbonyl (C=O) groups is 3. The van der Waals surface area contributed by atoms with Gasteiger partial charge in [0.2, 0.25) is 0 Å². The number of phosphoric acid groups is 1. The first-order chi connectivity index (χ1) is 31.6. The average molecular weight is 960 g/mol. The Morgan fingerprint density at radius 1 is 0.652 bits per heavy atom. The average Bonchev–Trinajstić information content (AvgIpc) is 3.52. The van der Waals surface area contributed by atoms with Gasteiger partial charge in [-0.3, -0.25) is 18.9 Å². The van der Waals surface area contributed by atoms with Crippen molar-refractivity contribution in [2.45, 2.75) is 244 Å². The second kappa shape index (κ2) is 39.1. The summed E-state index contributed by atoms with van der Waals surface area (Å²) < 4.78 is 33.9. The molecule has 0 aliphatic heterocycles. The third-order valence-corrected chi connectivity index (χ3v) is 13.7. The van der Waals surface area contributed by atoms with Gasteiger partial charge in [0.05, 0.1) is 46.1 Å². The number of hydrogen-bond acceptors (Lipinski definition) is 12. The highest BCUT2D eigenvalue weighted by molar-refractivity contribution is 7.45. The molecule has 0 bridgehead atoms. The molecule has 1 saturated carbocycles. The van der Waals surface area contributed by atoms with E-state index in [1.165, 1.54) is 109 Å². The van der Waals surface area contributed by atoms with Gasteiger partial charge in [-0.2, -0.15) is 0 Å². The molecule has 1 rings (SSSR count). The van der Waals surface area contributed by atoms with E-state index in [9.17, 15) is 39.2 Å². The lowest BCUT2D eigenvalue weighted by Gasteiger charge is -2.28. The smallest absolute Gasteiger partial charge is 0.306 e. The molecule has 0 amide bonds. The number of esters is 2. The number of rotatable bonds is 45. The molecule has 0 aromatic heterocycles. The Morgan fingerprint density at radius 2 is 1.12 bits per heavy atom. The van der Waals surface area contributed by atoms with E-state index in [1.54, 1.807) is 12.2 Å². The minimum absolute atomic E-state index is 0.00545. The maximum absolute atomic E-state index is 12.9. The molecule has 7 atom stereocenters. The number of hydrogen-bond donors (Lipinski definition) is 3. The van der Waals surface area contributed by atoms with E-state index in [1.807, 2.05) is 21.1 Å². The molecule has 13 nitrogen and oxygen atoms in total. The molecule has 0 heterocycles. The third kappa shape index (κ3) is 35.4. The van der Waals surface area contributed by atoms with Gasteiger partial charge >= 0.3 is 11.9 Å². The number of Topliss-reactive ketones (excluding diaryl/α,β-unsaturated/α-hetero) is 1. The van der Waals surface area contributed by atoms with Crippen molar-refractivity contribution in [3.8, 4) is 0 Å². The van der Waals surface area contributed by atoms with E-state index in [-0.39, 0.29) is 44.5 Å². The monoisotopic (exact) mass is 960 g/mol. The number of unbranched alkanes of at least 4 members (excludes halogenated alkanes) is 23. The topological polar surface area (TPSA) is 189 Å². The summed E-state index contributed by atoms with van der Waals surface area (Å²) in [5.74, 6) is -2.09. The zero-order valence-electron chi connectivity index (χ0n) is 42.5. The second-order valence-electron chi connectivity index (χ2n) is 20.2. The summed E-state index contributed by atoms with van der Waals surface area (Å²) >= 11 is 0. The summed E-state index contributed by atoms with van der Waals surface area (Å²) in [6.07, 6.45) is 31.5. The molecule has 14 heteroatoms. The minimum atomic E-state index is -4.72. The highest BCUT2D eigenvalue weighted by Gasteiger charge is 2.41. The quantitative estimate of drug-likeness (QED) is 0.0172. The summed E-state index contributed by atoms with van der Waals surface area (Å²) in [7, 11) is 0.976. The molecule has 66 heavy (non-hydrogen) atoms. The fraction of sp³-hybridized carbons (Fsp3) is 0.904. The van der Waals surface area contributed by atoms with Crippen LogP contribution in [0, 0.1) is 11.8 Å². The van der Waals surface area contributed by atoms with Gasteiger partial charge in [-0.05, 0) is 25.7 Å². The Hall–Kier alpha value is -1.70. The molecule has 1 aliphatic rings. The van der Waals surface area contributed by atoms with E-state index in [2.05, 4.69) is 13.8 Å². The predicted octanol–water partition coefficient (Wildman–Crippen LogP) is 10.6. The van der Waals surface area contributed by atoms with Crippen molar-refractivity contribution in [2.24, 2.45) is 11.8 Å². The first-order valence-electron chi connectivity index (χ1n) is 26.6. The van der Waals surface area contributed by atoms with Crippen LogP contribution in [0.25, 0.3) is 0 Å². The Bertz CT molecular complexity index is 1310. The number of carbonyl (C=O) groups excluding carboxylic acids is 3. The second-order valence-corrected chi connectivity index (χ2v) is 21.6. The minimum Gasteiger partial charge on any atom is -0.756 e. The van der Waals surface area contributed by atoms with E-state index in [4.69, 9.17) is 18.5 Å². The number of ether oxygens (including phenoxy) is 2.